The highest BCUT2D eigenvalue weighted by Gasteiger charge is 2.04. The van der Waals surface area contributed by atoms with Gasteiger partial charge in [0.25, 0.3) is 0 Å². The van der Waals surface area contributed by atoms with Crippen LogP contribution in [0, 0.1) is 0 Å². The number of ether oxygens (including phenoxy) is 2. The Bertz CT molecular complexity index is 343. The van der Waals surface area contributed by atoms with Crippen molar-refractivity contribution in [3.63, 3.8) is 0 Å². The van der Waals surface area contributed by atoms with Gasteiger partial charge in [-0.25, -0.2) is 0 Å². The average Bonchev–Trinajstić information content (AvgIpc) is 2.42. The van der Waals surface area contributed by atoms with Crippen LogP contribution in [-0.4, -0.2) is 40.9 Å². The molecule has 1 rings (SSSR count). The predicted molar refractivity (Wildman–Crippen MR) is 74.7 cm³/mol. The molecule has 1 aromatic carbocycles. The third kappa shape index (κ3) is 4.94. The van der Waals surface area contributed by atoms with E-state index in [0.29, 0.717) is 0 Å². The third-order valence-electron chi connectivity index (χ3n) is 2.85. The monoisotopic (exact) mass is 252 g/mol. The Balaban J connectivity index is 2.37. The molecule has 0 fully saturated rings. The highest BCUT2D eigenvalue weighted by Crippen LogP contribution is 2.24. The molecule has 1 aromatic rings. The molecule has 0 unspecified atom stereocenters. The molecule has 0 bridgehead atoms. The van der Waals surface area contributed by atoms with E-state index >= 15 is 0 Å². The summed E-state index contributed by atoms with van der Waals surface area (Å²) in [5.74, 6) is 1.73. The van der Waals surface area contributed by atoms with Crippen LogP contribution in [0.2, 0.25) is 0 Å². The van der Waals surface area contributed by atoms with Crippen molar-refractivity contribution in [2.24, 2.45) is 0 Å². The van der Waals surface area contributed by atoms with E-state index in [1.807, 2.05) is 19.2 Å². The predicted octanol–water partition coefficient (Wildman–Crippen LogP) is 1.45. The molecule has 4 nitrogen and oxygen atoms in total. The van der Waals surface area contributed by atoms with Crippen molar-refractivity contribution in [3.05, 3.63) is 23.8 Å². The molecule has 0 aliphatic rings. The Labute approximate surface area is 110 Å². The smallest absolute Gasteiger partial charge is 0.125 e. The zero-order valence-electron chi connectivity index (χ0n) is 11.6. The maximum Gasteiger partial charge on any atom is 0.125 e. The Morgan fingerprint density at radius 2 is 1.89 bits per heavy atom. The van der Waals surface area contributed by atoms with Crippen LogP contribution in [0.1, 0.15) is 12.0 Å². The molecule has 0 aromatic heterocycles. The molecular formula is C14H24N2O2. The molecule has 0 aliphatic carbocycles. The van der Waals surface area contributed by atoms with E-state index in [4.69, 9.17) is 9.47 Å². The molecule has 0 heterocycles. The van der Waals surface area contributed by atoms with Gasteiger partial charge in [0.05, 0.1) is 14.2 Å². The third-order valence-corrected chi connectivity index (χ3v) is 2.85. The van der Waals surface area contributed by atoms with Crippen LogP contribution in [0.15, 0.2) is 18.2 Å². The fraction of sp³-hybridized carbons (Fsp3) is 0.571. The van der Waals surface area contributed by atoms with Crippen molar-refractivity contribution in [1.82, 2.24) is 10.6 Å². The summed E-state index contributed by atoms with van der Waals surface area (Å²) in [6.45, 7) is 3.06. The van der Waals surface area contributed by atoms with Gasteiger partial charge in [-0.1, -0.05) is 6.07 Å². The molecule has 0 spiro atoms. The average molecular weight is 252 g/mol. The van der Waals surface area contributed by atoms with Crippen LogP contribution in [0.5, 0.6) is 11.5 Å². The molecule has 0 atom stereocenters. The molecule has 0 saturated carbocycles. The zero-order chi connectivity index (χ0) is 13.2. The van der Waals surface area contributed by atoms with Crippen LogP contribution in [-0.2, 0) is 6.42 Å². The number of nitrogens with one attached hydrogen (secondary N) is 2. The normalized spacial score (nSPS) is 10.4. The van der Waals surface area contributed by atoms with Crippen molar-refractivity contribution in [3.8, 4) is 11.5 Å². The summed E-state index contributed by atoms with van der Waals surface area (Å²) in [4.78, 5) is 0. The summed E-state index contributed by atoms with van der Waals surface area (Å²) >= 11 is 0. The van der Waals surface area contributed by atoms with Gasteiger partial charge in [0.1, 0.15) is 11.5 Å². The summed E-state index contributed by atoms with van der Waals surface area (Å²) in [7, 11) is 5.33. The van der Waals surface area contributed by atoms with E-state index in [9.17, 15) is 0 Å². The Morgan fingerprint density at radius 3 is 2.56 bits per heavy atom. The first kappa shape index (κ1) is 14.8. The van der Waals surface area contributed by atoms with Gasteiger partial charge in [-0.3, -0.25) is 0 Å². The second-order valence-electron chi connectivity index (χ2n) is 4.13. The summed E-state index contributed by atoms with van der Waals surface area (Å²) < 4.78 is 10.5. The van der Waals surface area contributed by atoms with Gasteiger partial charge in [0.15, 0.2) is 0 Å². The highest BCUT2D eigenvalue weighted by atomic mass is 16.5. The molecule has 102 valence electrons. The van der Waals surface area contributed by atoms with Crippen LogP contribution >= 0.6 is 0 Å². The van der Waals surface area contributed by atoms with Gasteiger partial charge in [0, 0.05) is 6.07 Å². The zero-order valence-corrected chi connectivity index (χ0v) is 11.6. The Hall–Kier alpha value is -1.26. The lowest BCUT2D eigenvalue weighted by Gasteiger charge is -2.11. The largest absolute Gasteiger partial charge is 0.497 e. The molecule has 2 N–H and O–H groups in total. The van der Waals surface area contributed by atoms with Crippen molar-refractivity contribution >= 4 is 0 Å². The van der Waals surface area contributed by atoms with Gasteiger partial charge in [-0.15, -0.1) is 0 Å². The molecule has 0 amide bonds. The lowest BCUT2D eigenvalue weighted by molar-refractivity contribution is 0.390. The number of hydrogen-bond acceptors (Lipinski definition) is 4. The van der Waals surface area contributed by atoms with Crippen molar-refractivity contribution in [2.75, 3.05) is 40.9 Å². The Morgan fingerprint density at radius 1 is 1.06 bits per heavy atom. The van der Waals surface area contributed by atoms with E-state index in [0.717, 1.165) is 44.0 Å². The maximum absolute atomic E-state index is 5.37. The lowest BCUT2D eigenvalue weighted by atomic mass is 10.1. The molecule has 0 saturated heterocycles. The first-order valence-corrected chi connectivity index (χ1v) is 6.38. The number of rotatable bonds is 9. The minimum atomic E-state index is 0.831. The molecule has 0 aliphatic heterocycles. The highest BCUT2D eigenvalue weighted by molar-refractivity contribution is 5.40. The van der Waals surface area contributed by atoms with Crippen LogP contribution < -0.4 is 20.1 Å². The summed E-state index contributed by atoms with van der Waals surface area (Å²) in [6.07, 6.45) is 2.11. The van der Waals surface area contributed by atoms with Crippen molar-refractivity contribution in [1.29, 1.82) is 0 Å². The van der Waals surface area contributed by atoms with E-state index < -0.39 is 0 Å². The first-order valence-electron chi connectivity index (χ1n) is 6.38. The van der Waals surface area contributed by atoms with E-state index in [2.05, 4.69) is 16.7 Å². The van der Waals surface area contributed by atoms with Crippen molar-refractivity contribution in [2.45, 2.75) is 12.8 Å². The van der Waals surface area contributed by atoms with Gasteiger partial charge < -0.3 is 20.1 Å². The minimum Gasteiger partial charge on any atom is -0.497 e. The van der Waals surface area contributed by atoms with E-state index in [1.165, 1.54) is 5.56 Å². The summed E-state index contributed by atoms with van der Waals surface area (Å²) in [5, 5.41) is 6.56. The van der Waals surface area contributed by atoms with E-state index in [1.54, 1.807) is 14.2 Å². The first-order chi connectivity index (χ1) is 8.81. The van der Waals surface area contributed by atoms with Crippen LogP contribution in [0.25, 0.3) is 0 Å². The topological polar surface area (TPSA) is 42.5 Å². The van der Waals surface area contributed by atoms with Gasteiger partial charge in [0.2, 0.25) is 0 Å². The van der Waals surface area contributed by atoms with Crippen molar-refractivity contribution < 1.29 is 9.47 Å². The Kier molecular flexibility index (Phi) is 7.22. The van der Waals surface area contributed by atoms with Gasteiger partial charge >= 0.3 is 0 Å². The number of hydrogen-bond donors (Lipinski definition) is 2. The van der Waals surface area contributed by atoms with Gasteiger partial charge in [-0.2, -0.15) is 0 Å². The fourth-order valence-corrected chi connectivity index (χ4v) is 1.80. The fourth-order valence-electron chi connectivity index (χ4n) is 1.80. The molecule has 4 heteroatoms. The quantitative estimate of drug-likeness (QED) is 0.653. The van der Waals surface area contributed by atoms with Crippen LogP contribution in [0.3, 0.4) is 0 Å². The molecular weight excluding hydrogens is 228 g/mol. The second kappa shape index (κ2) is 8.78. The molecule has 0 radical (unpaired) electrons. The number of methoxy groups -OCH3 is 2. The van der Waals surface area contributed by atoms with E-state index in [-0.39, 0.29) is 0 Å². The van der Waals surface area contributed by atoms with Crippen LogP contribution in [0.4, 0.5) is 0 Å². The summed E-state index contributed by atoms with van der Waals surface area (Å²) in [5.41, 5.74) is 1.21. The summed E-state index contributed by atoms with van der Waals surface area (Å²) in [6, 6.07) is 5.96. The second-order valence-corrected chi connectivity index (χ2v) is 4.13. The van der Waals surface area contributed by atoms with Gasteiger partial charge in [-0.05, 0) is 51.2 Å². The lowest BCUT2D eigenvalue weighted by Crippen LogP contribution is -2.22. The SMILES string of the molecule is CNCCCNCCc1ccc(OC)cc1OC. The minimum absolute atomic E-state index is 0.831. The maximum atomic E-state index is 5.37. The molecule has 18 heavy (non-hydrogen) atoms. The standard InChI is InChI=1S/C14H24N2O2/c1-15-8-4-9-16-10-7-12-5-6-13(17-2)11-14(12)18-3/h5-6,11,15-16H,4,7-10H2,1-3H3. The number of benzene rings is 1.